The number of aromatic nitrogens is 2. The maximum absolute atomic E-state index is 5.26. The second-order valence-electron chi connectivity index (χ2n) is 4.63. The van der Waals surface area contributed by atoms with E-state index in [1.165, 1.54) is 5.56 Å². The van der Waals surface area contributed by atoms with Crippen molar-refractivity contribution in [2.45, 2.75) is 13.0 Å². The number of methoxy groups -OCH3 is 1. The van der Waals surface area contributed by atoms with E-state index >= 15 is 0 Å². The molecule has 6 heteroatoms. The summed E-state index contributed by atoms with van der Waals surface area (Å²) in [4.78, 5) is 0. The molecule has 0 aliphatic carbocycles. The van der Waals surface area contributed by atoms with Crippen molar-refractivity contribution in [2.24, 2.45) is 0 Å². The van der Waals surface area contributed by atoms with E-state index in [1.807, 2.05) is 29.1 Å². The molecular weight excluding hydrogens is 284 g/mol. The second-order valence-corrected chi connectivity index (χ2v) is 5.04. The Morgan fingerprint density at radius 1 is 1.38 bits per heavy atom. The van der Waals surface area contributed by atoms with Gasteiger partial charge in [-0.05, 0) is 42.4 Å². The molecule has 0 aliphatic heterocycles. The van der Waals surface area contributed by atoms with Crippen LogP contribution in [0.3, 0.4) is 0 Å². The van der Waals surface area contributed by atoms with E-state index in [0.29, 0.717) is 5.11 Å². The van der Waals surface area contributed by atoms with Crippen LogP contribution in [-0.4, -0.2) is 35.2 Å². The normalized spacial score (nSPS) is 10.3. The molecule has 112 valence electrons. The molecule has 0 spiro atoms. The van der Waals surface area contributed by atoms with Crippen LogP contribution in [-0.2, 0) is 11.3 Å². The fourth-order valence-electron chi connectivity index (χ4n) is 1.92. The van der Waals surface area contributed by atoms with Crippen LogP contribution in [0.25, 0.3) is 0 Å². The zero-order valence-corrected chi connectivity index (χ0v) is 12.9. The molecule has 0 atom stereocenters. The van der Waals surface area contributed by atoms with Crippen LogP contribution in [0, 0.1) is 0 Å². The molecule has 21 heavy (non-hydrogen) atoms. The summed E-state index contributed by atoms with van der Waals surface area (Å²) >= 11 is 5.26. The maximum Gasteiger partial charge on any atom is 0.170 e. The summed E-state index contributed by atoms with van der Waals surface area (Å²) < 4.78 is 6.88. The number of hydrogen-bond donors (Lipinski definition) is 2. The summed E-state index contributed by atoms with van der Waals surface area (Å²) in [5.41, 5.74) is 2.15. The summed E-state index contributed by atoms with van der Waals surface area (Å²) in [5.74, 6) is 0. The van der Waals surface area contributed by atoms with Gasteiger partial charge in [0.15, 0.2) is 5.11 Å². The number of nitrogens with zero attached hydrogens (tertiary/aromatic N) is 2. The van der Waals surface area contributed by atoms with Gasteiger partial charge < -0.3 is 15.4 Å². The molecule has 5 nitrogen and oxygen atoms in total. The maximum atomic E-state index is 5.26. The number of ether oxygens (including phenoxy) is 1. The molecule has 1 aromatic heterocycles. The molecule has 2 N–H and O–H groups in total. The van der Waals surface area contributed by atoms with Gasteiger partial charge in [-0.3, -0.25) is 4.68 Å². The van der Waals surface area contributed by atoms with Crippen molar-refractivity contribution >= 4 is 23.0 Å². The number of nitrogens with one attached hydrogen (secondary N) is 2. The predicted molar refractivity (Wildman–Crippen MR) is 88.5 cm³/mol. The standard InChI is InChI=1S/C15H20N4OS/c1-20-10-4-7-16-15(21)18-14-6-2-5-13(11-14)12-19-9-3-8-17-19/h2-3,5-6,8-9,11H,4,7,10,12H2,1H3,(H2,16,18,21). The second kappa shape index (κ2) is 8.39. The van der Waals surface area contributed by atoms with E-state index in [1.54, 1.807) is 13.3 Å². The van der Waals surface area contributed by atoms with E-state index in [4.69, 9.17) is 17.0 Å². The van der Waals surface area contributed by atoms with Gasteiger partial charge in [0, 0.05) is 38.3 Å². The molecule has 0 radical (unpaired) electrons. The van der Waals surface area contributed by atoms with Gasteiger partial charge >= 0.3 is 0 Å². The minimum Gasteiger partial charge on any atom is -0.385 e. The first-order chi connectivity index (χ1) is 10.3. The summed E-state index contributed by atoms with van der Waals surface area (Å²) in [6, 6.07) is 10.1. The lowest BCUT2D eigenvalue weighted by Gasteiger charge is -2.11. The first-order valence-electron chi connectivity index (χ1n) is 6.88. The number of benzene rings is 1. The Labute approximate surface area is 130 Å². The van der Waals surface area contributed by atoms with Gasteiger partial charge in [-0.25, -0.2) is 0 Å². The first kappa shape index (κ1) is 15.5. The van der Waals surface area contributed by atoms with E-state index in [0.717, 1.165) is 31.8 Å². The minimum absolute atomic E-state index is 0.627. The third-order valence-electron chi connectivity index (χ3n) is 2.90. The Morgan fingerprint density at radius 3 is 3.05 bits per heavy atom. The van der Waals surface area contributed by atoms with Crippen LogP contribution in [0.4, 0.5) is 5.69 Å². The minimum atomic E-state index is 0.627. The third-order valence-corrected chi connectivity index (χ3v) is 3.15. The van der Waals surface area contributed by atoms with E-state index < -0.39 is 0 Å². The predicted octanol–water partition coefficient (Wildman–Crippen LogP) is 2.25. The molecule has 2 aromatic rings. The Morgan fingerprint density at radius 2 is 2.29 bits per heavy atom. The number of hydrogen-bond acceptors (Lipinski definition) is 3. The monoisotopic (exact) mass is 304 g/mol. The zero-order chi connectivity index (χ0) is 14.9. The van der Waals surface area contributed by atoms with Crippen molar-refractivity contribution in [2.75, 3.05) is 25.6 Å². The fourth-order valence-corrected chi connectivity index (χ4v) is 2.14. The van der Waals surface area contributed by atoms with Crippen LogP contribution in [0.2, 0.25) is 0 Å². The first-order valence-corrected chi connectivity index (χ1v) is 7.29. The third kappa shape index (κ3) is 5.53. The highest BCUT2D eigenvalue weighted by atomic mass is 32.1. The molecular formula is C15H20N4OS. The summed E-state index contributed by atoms with van der Waals surface area (Å²) in [5, 5.41) is 11.2. The van der Waals surface area contributed by atoms with E-state index in [2.05, 4.69) is 27.9 Å². The molecule has 0 amide bonds. The van der Waals surface area contributed by atoms with Crippen molar-refractivity contribution in [3.8, 4) is 0 Å². The van der Waals surface area contributed by atoms with Gasteiger partial charge in [0.1, 0.15) is 0 Å². The molecule has 0 saturated carbocycles. The highest BCUT2D eigenvalue weighted by Crippen LogP contribution is 2.11. The topological polar surface area (TPSA) is 51.1 Å². The highest BCUT2D eigenvalue weighted by molar-refractivity contribution is 7.80. The van der Waals surface area contributed by atoms with Crippen molar-refractivity contribution < 1.29 is 4.74 Å². The van der Waals surface area contributed by atoms with Gasteiger partial charge in [-0.2, -0.15) is 5.10 Å². The molecule has 0 bridgehead atoms. The van der Waals surface area contributed by atoms with Crippen LogP contribution in [0.1, 0.15) is 12.0 Å². The Balaban J connectivity index is 1.84. The van der Waals surface area contributed by atoms with E-state index in [9.17, 15) is 0 Å². The van der Waals surface area contributed by atoms with E-state index in [-0.39, 0.29) is 0 Å². The van der Waals surface area contributed by atoms with Gasteiger partial charge in [-0.15, -0.1) is 0 Å². The molecule has 0 unspecified atom stereocenters. The van der Waals surface area contributed by atoms with Crippen molar-refractivity contribution in [3.05, 3.63) is 48.3 Å². The van der Waals surface area contributed by atoms with Crippen LogP contribution in [0.15, 0.2) is 42.7 Å². The average Bonchev–Trinajstić information content (AvgIpc) is 2.97. The lowest BCUT2D eigenvalue weighted by atomic mass is 10.2. The number of anilines is 1. The van der Waals surface area contributed by atoms with Crippen molar-refractivity contribution in [1.29, 1.82) is 0 Å². The van der Waals surface area contributed by atoms with Crippen molar-refractivity contribution in [1.82, 2.24) is 15.1 Å². The smallest absolute Gasteiger partial charge is 0.170 e. The van der Waals surface area contributed by atoms with Gasteiger partial charge in [-0.1, -0.05) is 12.1 Å². The van der Waals surface area contributed by atoms with Crippen LogP contribution < -0.4 is 10.6 Å². The Hall–Kier alpha value is -1.92. The van der Waals surface area contributed by atoms with Gasteiger partial charge in [0.25, 0.3) is 0 Å². The highest BCUT2D eigenvalue weighted by Gasteiger charge is 2.00. The van der Waals surface area contributed by atoms with Gasteiger partial charge in [0.05, 0.1) is 6.54 Å². The summed E-state index contributed by atoms with van der Waals surface area (Å²) in [7, 11) is 1.70. The molecule has 0 fully saturated rings. The molecule has 2 rings (SSSR count). The summed E-state index contributed by atoms with van der Waals surface area (Å²) in [6.07, 6.45) is 4.65. The lowest BCUT2D eigenvalue weighted by molar-refractivity contribution is 0.196. The fraction of sp³-hybridized carbons (Fsp3) is 0.333. The lowest BCUT2D eigenvalue weighted by Crippen LogP contribution is -2.29. The summed E-state index contributed by atoms with van der Waals surface area (Å²) in [6.45, 7) is 2.28. The number of rotatable bonds is 7. The van der Waals surface area contributed by atoms with Gasteiger partial charge in [0.2, 0.25) is 0 Å². The van der Waals surface area contributed by atoms with Crippen LogP contribution >= 0.6 is 12.2 Å². The molecule has 1 aromatic carbocycles. The largest absolute Gasteiger partial charge is 0.385 e. The SMILES string of the molecule is COCCCNC(=S)Nc1cccc(Cn2cccn2)c1. The molecule has 1 heterocycles. The van der Waals surface area contributed by atoms with Crippen LogP contribution in [0.5, 0.6) is 0 Å². The average molecular weight is 304 g/mol. The Bertz CT molecular complexity index is 557. The zero-order valence-electron chi connectivity index (χ0n) is 12.1. The van der Waals surface area contributed by atoms with Crippen molar-refractivity contribution in [3.63, 3.8) is 0 Å². The quantitative estimate of drug-likeness (QED) is 0.607. The Kier molecular flexibility index (Phi) is 6.18. The number of thiocarbonyl (C=S) groups is 1. The molecule has 0 aliphatic rings. The molecule has 0 saturated heterocycles.